The average Bonchev–Trinajstić information content (AvgIpc) is 3.35. The first-order valence-electron chi connectivity index (χ1n) is 10.9. The summed E-state index contributed by atoms with van der Waals surface area (Å²) in [4.78, 5) is 15.3. The lowest BCUT2D eigenvalue weighted by Gasteiger charge is -2.27. The van der Waals surface area contributed by atoms with E-state index in [-0.39, 0.29) is 12.0 Å². The lowest BCUT2D eigenvalue weighted by atomic mass is 10.1. The molecule has 0 spiro atoms. The molecule has 2 aliphatic rings. The molecule has 7 heteroatoms. The molecule has 2 aromatic carbocycles. The number of carbonyl (C=O) groups excluding carboxylic acids is 1. The van der Waals surface area contributed by atoms with Crippen LogP contribution >= 0.6 is 0 Å². The molecule has 0 unspecified atom stereocenters. The zero-order valence-electron chi connectivity index (χ0n) is 18.4. The van der Waals surface area contributed by atoms with Crippen molar-refractivity contribution in [3.05, 3.63) is 60.2 Å². The fourth-order valence-electron chi connectivity index (χ4n) is 3.91. The van der Waals surface area contributed by atoms with Crippen LogP contribution in [0.15, 0.2) is 49.1 Å². The van der Waals surface area contributed by atoms with E-state index in [1.54, 1.807) is 31.4 Å². The van der Waals surface area contributed by atoms with E-state index < -0.39 is 0 Å². The van der Waals surface area contributed by atoms with Crippen LogP contribution in [0.25, 0.3) is 0 Å². The van der Waals surface area contributed by atoms with Gasteiger partial charge in [0.15, 0.2) is 23.0 Å². The number of nitrogens with zero attached hydrogens (tertiary/aromatic N) is 1. The highest BCUT2D eigenvalue weighted by Gasteiger charge is 2.25. The van der Waals surface area contributed by atoms with Crippen molar-refractivity contribution in [1.82, 2.24) is 4.90 Å². The standard InChI is InChI=1S/C25H29NO6/c1-3-10-30-21-8-6-18(14-23(21)28-2)16-26(17-20-5-4-11-29-20)25(27)19-7-9-22-24(15-19)32-13-12-31-22/h3,6-9,14-15,20H,1,4-5,10-13,16-17H2,2H3/t20-/m0/s1. The molecular formula is C25H29NO6. The molecule has 0 radical (unpaired) electrons. The minimum absolute atomic E-state index is 0.0354. The molecule has 7 nitrogen and oxygen atoms in total. The smallest absolute Gasteiger partial charge is 0.254 e. The molecule has 170 valence electrons. The topological polar surface area (TPSA) is 66.5 Å². The van der Waals surface area contributed by atoms with Crippen LogP contribution in [0, 0.1) is 0 Å². The lowest BCUT2D eigenvalue weighted by molar-refractivity contribution is 0.0506. The van der Waals surface area contributed by atoms with Gasteiger partial charge in [0.1, 0.15) is 19.8 Å². The first kappa shape index (κ1) is 22.0. The van der Waals surface area contributed by atoms with Crippen LogP contribution in [-0.4, -0.2) is 57.0 Å². The number of rotatable bonds is 9. The summed E-state index contributed by atoms with van der Waals surface area (Å²) in [6.45, 7) is 6.73. The molecule has 1 fully saturated rings. The summed E-state index contributed by atoms with van der Waals surface area (Å²) in [6.07, 6.45) is 3.68. The van der Waals surface area contributed by atoms with Gasteiger partial charge < -0.3 is 28.6 Å². The molecule has 0 bridgehead atoms. The summed E-state index contributed by atoms with van der Waals surface area (Å²) in [5.41, 5.74) is 1.50. The van der Waals surface area contributed by atoms with Crippen molar-refractivity contribution >= 4 is 5.91 Å². The molecule has 1 saturated heterocycles. The van der Waals surface area contributed by atoms with Gasteiger partial charge in [-0.1, -0.05) is 18.7 Å². The van der Waals surface area contributed by atoms with Crippen LogP contribution in [0.2, 0.25) is 0 Å². The Labute approximate surface area is 188 Å². The van der Waals surface area contributed by atoms with Crippen molar-refractivity contribution in [1.29, 1.82) is 0 Å². The monoisotopic (exact) mass is 439 g/mol. The molecule has 32 heavy (non-hydrogen) atoms. The molecular weight excluding hydrogens is 410 g/mol. The molecule has 2 heterocycles. The molecule has 1 amide bonds. The average molecular weight is 440 g/mol. The zero-order valence-corrected chi connectivity index (χ0v) is 18.4. The van der Waals surface area contributed by atoms with Gasteiger partial charge in [-0.2, -0.15) is 0 Å². The maximum Gasteiger partial charge on any atom is 0.254 e. The molecule has 1 atom stereocenters. The normalized spacial score (nSPS) is 17.0. The highest BCUT2D eigenvalue weighted by atomic mass is 16.6. The van der Waals surface area contributed by atoms with Gasteiger partial charge in [0, 0.05) is 25.3 Å². The Morgan fingerprint density at radius 3 is 2.72 bits per heavy atom. The predicted molar refractivity (Wildman–Crippen MR) is 120 cm³/mol. The van der Waals surface area contributed by atoms with Crippen molar-refractivity contribution < 1.29 is 28.5 Å². The Kier molecular flexibility index (Phi) is 7.17. The van der Waals surface area contributed by atoms with Crippen molar-refractivity contribution in [2.24, 2.45) is 0 Å². The second kappa shape index (κ2) is 10.4. The summed E-state index contributed by atoms with van der Waals surface area (Å²) in [7, 11) is 1.60. The van der Waals surface area contributed by atoms with E-state index >= 15 is 0 Å². The number of methoxy groups -OCH3 is 1. The van der Waals surface area contributed by atoms with Crippen molar-refractivity contribution in [3.8, 4) is 23.0 Å². The first-order chi connectivity index (χ1) is 15.7. The fraction of sp³-hybridized carbons (Fsp3) is 0.400. The molecule has 2 aliphatic heterocycles. The SMILES string of the molecule is C=CCOc1ccc(CN(C[C@@H]2CCCO2)C(=O)c2ccc3c(c2)OCCO3)cc1OC. The summed E-state index contributed by atoms with van der Waals surface area (Å²) in [5.74, 6) is 2.44. The molecule has 0 aliphatic carbocycles. The van der Waals surface area contributed by atoms with Crippen LogP contribution in [0.1, 0.15) is 28.8 Å². The summed E-state index contributed by atoms with van der Waals surface area (Å²) in [5, 5.41) is 0. The fourth-order valence-corrected chi connectivity index (χ4v) is 3.91. The number of hydrogen-bond donors (Lipinski definition) is 0. The summed E-state index contributed by atoms with van der Waals surface area (Å²) < 4.78 is 28.2. The quantitative estimate of drug-likeness (QED) is 0.553. The third kappa shape index (κ3) is 5.16. The molecule has 4 rings (SSSR count). The maximum absolute atomic E-state index is 13.5. The summed E-state index contributed by atoms with van der Waals surface area (Å²) in [6, 6.07) is 11.0. The van der Waals surface area contributed by atoms with Gasteiger partial charge in [0.25, 0.3) is 5.91 Å². The highest BCUT2D eigenvalue weighted by molar-refractivity contribution is 5.95. The third-order valence-electron chi connectivity index (χ3n) is 5.48. The number of fused-ring (bicyclic) bond motifs is 1. The number of ether oxygens (including phenoxy) is 5. The van der Waals surface area contributed by atoms with Gasteiger partial charge in [-0.3, -0.25) is 4.79 Å². The second-order valence-electron chi connectivity index (χ2n) is 7.76. The minimum Gasteiger partial charge on any atom is -0.493 e. The van der Waals surface area contributed by atoms with E-state index in [0.717, 1.165) is 25.0 Å². The Balaban J connectivity index is 1.56. The van der Waals surface area contributed by atoms with Gasteiger partial charge in [0.2, 0.25) is 0 Å². The predicted octanol–water partition coefficient (Wildman–Crippen LogP) is 3.85. The van der Waals surface area contributed by atoms with Gasteiger partial charge in [-0.15, -0.1) is 0 Å². The Morgan fingerprint density at radius 1 is 1.12 bits per heavy atom. The largest absolute Gasteiger partial charge is 0.493 e. The van der Waals surface area contributed by atoms with E-state index in [4.69, 9.17) is 23.7 Å². The Morgan fingerprint density at radius 2 is 1.97 bits per heavy atom. The Bertz CT molecular complexity index is 953. The zero-order chi connectivity index (χ0) is 22.3. The second-order valence-corrected chi connectivity index (χ2v) is 7.76. The van der Waals surface area contributed by atoms with Crippen molar-refractivity contribution in [2.45, 2.75) is 25.5 Å². The van der Waals surface area contributed by atoms with Gasteiger partial charge in [0.05, 0.1) is 13.2 Å². The van der Waals surface area contributed by atoms with E-state index in [1.807, 2.05) is 23.1 Å². The molecule has 0 N–H and O–H groups in total. The number of amides is 1. The molecule has 0 aromatic heterocycles. The van der Waals surface area contributed by atoms with Crippen LogP contribution in [0.5, 0.6) is 23.0 Å². The number of carbonyl (C=O) groups is 1. The van der Waals surface area contributed by atoms with E-state index in [2.05, 4.69) is 6.58 Å². The Hall–Kier alpha value is -3.19. The van der Waals surface area contributed by atoms with Crippen molar-refractivity contribution in [3.63, 3.8) is 0 Å². The van der Waals surface area contributed by atoms with Gasteiger partial charge >= 0.3 is 0 Å². The number of hydrogen-bond acceptors (Lipinski definition) is 6. The number of benzene rings is 2. The van der Waals surface area contributed by atoms with Crippen LogP contribution in [0.4, 0.5) is 0 Å². The van der Waals surface area contributed by atoms with E-state index in [1.165, 1.54) is 0 Å². The van der Waals surface area contributed by atoms with E-state index in [9.17, 15) is 4.79 Å². The minimum atomic E-state index is -0.0802. The maximum atomic E-state index is 13.5. The van der Waals surface area contributed by atoms with Crippen LogP contribution in [0.3, 0.4) is 0 Å². The third-order valence-corrected chi connectivity index (χ3v) is 5.48. The van der Waals surface area contributed by atoms with Gasteiger partial charge in [-0.25, -0.2) is 0 Å². The highest BCUT2D eigenvalue weighted by Crippen LogP contribution is 2.32. The molecule has 2 aromatic rings. The van der Waals surface area contributed by atoms with Gasteiger partial charge in [-0.05, 0) is 48.7 Å². The van der Waals surface area contributed by atoms with Crippen molar-refractivity contribution in [2.75, 3.05) is 40.1 Å². The van der Waals surface area contributed by atoms with Crippen LogP contribution in [-0.2, 0) is 11.3 Å². The van der Waals surface area contributed by atoms with Crippen LogP contribution < -0.4 is 18.9 Å². The lowest BCUT2D eigenvalue weighted by Crippen LogP contribution is -2.37. The first-order valence-corrected chi connectivity index (χ1v) is 10.9. The van der Waals surface area contributed by atoms with E-state index in [0.29, 0.717) is 61.5 Å². The summed E-state index contributed by atoms with van der Waals surface area (Å²) >= 11 is 0. The molecule has 0 saturated carbocycles.